The highest BCUT2D eigenvalue weighted by atomic mass is 19.4. The van der Waals surface area contributed by atoms with Gasteiger partial charge < -0.3 is 0 Å². The summed E-state index contributed by atoms with van der Waals surface area (Å²) in [6, 6.07) is 10.9. The Hall–Kier alpha value is -3.15. The molecule has 2 heterocycles. The number of benzene rings is 1. The highest BCUT2D eigenvalue weighted by Gasteiger charge is 2.39. The highest BCUT2D eigenvalue weighted by molar-refractivity contribution is 5.80. The number of rotatable bonds is 2. The second-order valence-electron chi connectivity index (χ2n) is 6.13. The number of nitriles is 1. The molecule has 3 aromatic rings. The Morgan fingerprint density at radius 3 is 2.07 bits per heavy atom. The fraction of sp³-hybridized carbons (Fsp3) is 0.211. The van der Waals surface area contributed by atoms with Crippen LogP contribution < -0.4 is 0 Å². The Bertz CT molecular complexity index is 1060. The van der Waals surface area contributed by atoms with E-state index in [0.29, 0.717) is 5.56 Å². The average Bonchev–Trinajstić information content (AvgIpc) is 2.61. The molecule has 0 unspecified atom stereocenters. The molecule has 0 saturated heterocycles. The van der Waals surface area contributed by atoms with Crippen molar-refractivity contribution >= 4 is 11.0 Å². The first-order valence-corrected chi connectivity index (χ1v) is 7.93. The van der Waals surface area contributed by atoms with Crippen molar-refractivity contribution in [3.63, 3.8) is 0 Å². The van der Waals surface area contributed by atoms with Crippen molar-refractivity contribution in [2.45, 2.75) is 25.2 Å². The molecule has 0 bridgehead atoms. The smallest absolute Gasteiger partial charge is 0.231 e. The van der Waals surface area contributed by atoms with Crippen LogP contribution in [0.15, 0.2) is 42.5 Å². The molecule has 3 nitrogen and oxygen atoms in total. The van der Waals surface area contributed by atoms with Crippen molar-refractivity contribution < 1.29 is 26.3 Å². The van der Waals surface area contributed by atoms with E-state index < -0.39 is 40.6 Å². The maximum atomic E-state index is 13.2. The number of aromatic nitrogens is 2. The summed E-state index contributed by atoms with van der Waals surface area (Å²) in [5.41, 5.74) is -2.43. The second-order valence-corrected chi connectivity index (χ2v) is 6.13. The summed E-state index contributed by atoms with van der Waals surface area (Å²) in [7, 11) is 0. The molecule has 0 aliphatic carbocycles. The molecule has 0 aliphatic rings. The quantitative estimate of drug-likeness (QED) is 0.529. The summed E-state index contributed by atoms with van der Waals surface area (Å²) in [5.74, 6) is -0.962. The minimum absolute atomic E-state index is 0.0128. The highest BCUT2D eigenvalue weighted by Crippen LogP contribution is 2.38. The number of halogens is 6. The van der Waals surface area contributed by atoms with Crippen molar-refractivity contribution in [1.29, 1.82) is 5.26 Å². The van der Waals surface area contributed by atoms with E-state index in [1.54, 1.807) is 24.3 Å². The lowest BCUT2D eigenvalue weighted by atomic mass is 9.95. The number of aryl methyl sites for hydroxylation is 1. The van der Waals surface area contributed by atoms with E-state index in [0.717, 1.165) is 11.6 Å². The molecule has 0 amide bonds. The van der Waals surface area contributed by atoms with E-state index in [9.17, 15) is 31.6 Å². The van der Waals surface area contributed by atoms with E-state index in [4.69, 9.17) is 0 Å². The van der Waals surface area contributed by atoms with Gasteiger partial charge in [0.2, 0.25) is 0 Å². The molecular weight excluding hydrogens is 384 g/mol. The molecule has 28 heavy (non-hydrogen) atoms. The Balaban J connectivity index is 2.22. The number of fused-ring (bicyclic) bond motifs is 1. The Labute approximate surface area is 155 Å². The minimum Gasteiger partial charge on any atom is -0.231 e. The molecule has 0 radical (unpaired) electrons. The molecule has 9 heteroatoms. The largest absolute Gasteiger partial charge is 0.433 e. The van der Waals surface area contributed by atoms with Gasteiger partial charge in [0, 0.05) is 5.39 Å². The first-order chi connectivity index (χ1) is 13.0. The van der Waals surface area contributed by atoms with Crippen LogP contribution in [0.4, 0.5) is 26.3 Å². The van der Waals surface area contributed by atoms with Crippen molar-refractivity contribution in [1.82, 2.24) is 9.97 Å². The molecule has 0 aliphatic heterocycles. The first-order valence-electron chi connectivity index (χ1n) is 7.93. The normalized spacial score (nSPS) is 13.4. The van der Waals surface area contributed by atoms with E-state index in [2.05, 4.69) is 9.97 Å². The van der Waals surface area contributed by atoms with E-state index in [1.807, 2.05) is 13.0 Å². The maximum Gasteiger partial charge on any atom is 0.433 e. The standard InChI is InChI=1S/C19H11F6N3/c1-10-2-4-11(5-3-10)13(9-26)15-7-6-12-14(18(20,21)22)8-16(19(23,24)25)28-17(12)27-15/h2-8,13H,1H3/t13-/m0/s1. The molecule has 1 atom stereocenters. The number of hydrogen-bond acceptors (Lipinski definition) is 3. The summed E-state index contributed by atoms with van der Waals surface area (Å²) < 4.78 is 78.7. The predicted octanol–water partition coefficient (Wildman–Crippen LogP) is 5.63. The van der Waals surface area contributed by atoms with Gasteiger partial charge >= 0.3 is 12.4 Å². The molecule has 0 spiro atoms. The SMILES string of the molecule is Cc1ccc([C@H](C#N)c2ccc3c(C(F)(F)F)cc(C(F)(F)F)nc3n2)cc1. The molecule has 0 saturated carbocycles. The zero-order chi connectivity index (χ0) is 20.7. The first kappa shape index (κ1) is 19.6. The molecule has 0 N–H and O–H groups in total. The van der Waals surface area contributed by atoms with Gasteiger partial charge in [-0.05, 0) is 30.7 Å². The van der Waals surface area contributed by atoms with Crippen molar-refractivity contribution in [2.24, 2.45) is 0 Å². The van der Waals surface area contributed by atoms with Crippen LogP contribution in [-0.4, -0.2) is 9.97 Å². The molecule has 0 fully saturated rings. The lowest BCUT2D eigenvalue weighted by Gasteiger charge is -2.15. The van der Waals surface area contributed by atoms with Gasteiger partial charge in [-0.3, -0.25) is 0 Å². The number of alkyl halides is 6. The van der Waals surface area contributed by atoms with Gasteiger partial charge in [-0.1, -0.05) is 29.8 Å². The summed E-state index contributed by atoms with van der Waals surface area (Å²) in [6.45, 7) is 1.83. The van der Waals surface area contributed by atoms with Crippen LogP contribution in [0.25, 0.3) is 11.0 Å². The van der Waals surface area contributed by atoms with E-state index in [1.165, 1.54) is 6.07 Å². The van der Waals surface area contributed by atoms with Crippen LogP contribution in [0.1, 0.15) is 34.0 Å². The van der Waals surface area contributed by atoms with Crippen LogP contribution in [0, 0.1) is 18.3 Å². The average molecular weight is 395 g/mol. The van der Waals surface area contributed by atoms with Crippen molar-refractivity contribution in [2.75, 3.05) is 0 Å². The van der Waals surface area contributed by atoms with E-state index >= 15 is 0 Å². The molecule has 3 rings (SSSR count). The number of nitrogens with zero attached hydrogens (tertiary/aromatic N) is 3. The molecule has 1 aromatic carbocycles. The summed E-state index contributed by atoms with van der Waals surface area (Å²) in [4.78, 5) is 7.12. The Morgan fingerprint density at radius 1 is 0.893 bits per heavy atom. The minimum atomic E-state index is -5.07. The summed E-state index contributed by atoms with van der Waals surface area (Å²) >= 11 is 0. The molecule has 144 valence electrons. The van der Waals surface area contributed by atoms with Gasteiger partial charge in [-0.15, -0.1) is 0 Å². The lowest BCUT2D eigenvalue weighted by molar-refractivity contribution is -0.144. The van der Waals surface area contributed by atoms with Gasteiger partial charge in [-0.2, -0.15) is 31.6 Å². The topological polar surface area (TPSA) is 49.6 Å². The van der Waals surface area contributed by atoms with Crippen molar-refractivity contribution in [3.8, 4) is 6.07 Å². The van der Waals surface area contributed by atoms with Gasteiger partial charge in [0.15, 0.2) is 5.65 Å². The predicted molar refractivity (Wildman–Crippen MR) is 88.2 cm³/mol. The lowest BCUT2D eigenvalue weighted by Crippen LogP contribution is -2.14. The van der Waals surface area contributed by atoms with Gasteiger partial charge in [0.25, 0.3) is 0 Å². The van der Waals surface area contributed by atoms with Crippen LogP contribution in [0.5, 0.6) is 0 Å². The van der Waals surface area contributed by atoms with Crippen LogP contribution >= 0.6 is 0 Å². The van der Waals surface area contributed by atoms with Gasteiger partial charge in [0.05, 0.1) is 17.3 Å². The fourth-order valence-corrected chi connectivity index (χ4v) is 2.73. The molecule has 2 aromatic heterocycles. The fourth-order valence-electron chi connectivity index (χ4n) is 2.73. The summed E-state index contributed by atoms with van der Waals surface area (Å²) in [5, 5.41) is 8.91. The molecular formula is C19H11F6N3. The zero-order valence-corrected chi connectivity index (χ0v) is 14.2. The third kappa shape index (κ3) is 3.76. The Morgan fingerprint density at radius 2 is 1.54 bits per heavy atom. The van der Waals surface area contributed by atoms with Gasteiger partial charge in [-0.25, -0.2) is 9.97 Å². The zero-order valence-electron chi connectivity index (χ0n) is 14.2. The van der Waals surface area contributed by atoms with Gasteiger partial charge in [0.1, 0.15) is 11.6 Å². The number of pyridine rings is 2. The second kappa shape index (κ2) is 6.78. The third-order valence-corrected chi connectivity index (χ3v) is 4.13. The van der Waals surface area contributed by atoms with Crippen LogP contribution in [0.2, 0.25) is 0 Å². The number of hydrogen-bond donors (Lipinski definition) is 0. The van der Waals surface area contributed by atoms with E-state index in [-0.39, 0.29) is 11.8 Å². The monoisotopic (exact) mass is 395 g/mol. The summed E-state index contributed by atoms with van der Waals surface area (Å²) in [6.07, 6.45) is -10.1. The maximum absolute atomic E-state index is 13.2. The van der Waals surface area contributed by atoms with Crippen molar-refractivity contribution in [3.05, 3.63) is 70.5 Å². The third-order valence-electron chi connectivity index (χ3n) is 4.13. The van der Waals surface area contributed by atoms with Crippen LogP contribution in [-0.2, 0) is 12.4 Å². The van der Waals surface area contributed by atoms with Crippen LogP contribution in [0.3, 0.4) is 0 Å². The Kier molecular flexibility index (Phi) is 4.75.